The molecule has 6 heteroatoms. The van der Waals surface area contributed by atoms with Gasteiger partial charge in [-0.25, -0.2) is 8.78 Å². The Kier molecular flexibility index (Phi) is 4.49. The minimum Gasteiger partial charge on any atom is -0.489 e. The average Bonchev–Trinajstić information content (AvgIpc) is 3.18. The summed E-state index contributed by atoms with van der Waals surface area (Å²) in [5.74, 6) is -0.569. The molecule has 0 atom stereocenters. The van der Waals surface area contributed by atoms with Crippen LogP contribution in [-0.4, -0.2) is 5.78 Å². The van der Waals surface area contributed by atoms with E-state index < -0.39 is 11.6 Å². The van der Waals surface area contributed by atoms with Crippen LogP contribution in [0.5, 0.6) is 11.5 Å². The Labute approximate surface area is 158 Å². The van der Waals surface area contributed by atoms with Crippen molar-refractivity contribution in [3.63, 3.8) is 0 Å². The maximum Gasteiger partial charge on any atom is 0.232 e. The molecule has 4 rings (SSSR count). The van der Waals surface area contributed by atoms with Crippen molar-refractivity contribution >= 4 is 23.2 Å². The molecule has 1 aliphatic rings. The maximum absolute atomic E-state index is 13.7. The number of ether oxygens (including phenoxy) is 2. The van der Waals surface area contributed by atoms with E-state index in [1.165, 1.54) is 29.5 Å². The molecule has 3 nitrogen and oxygen atoms in total. The van der Waals surface area contributed by atoms with Crippen LogP contribution in [0.2, 0.25) is 0 Å². The maximum atomic E-state index is 13.7. The number of allylic oxidation sites excluding steroid dienone is 1. The van der Waals surface area contributed by atoms with Crippen LogP contribution in [0.3, 0.4) is 0 Å². The number of thiophene rings is 1. The first kappa shape index (κ1) is 17.4. The lowest BCUT2D eigenvalue weighted by atomic mass is 10.1. The molecule has 27 heavy (non-hydrogen) atoms. The van der Waals surface area contributed by atoms with Crippen molar-refractivity contribution in [3.05, 3.63) is 86.8 Å². The smallest absolute Gasteiger partial charge is 0.232 e. The topological polar surface area (TPSA) is 35.5 Å². The van der Waals surface area contributed by atoms with E-state index in [9.17, 15) is 13.6 Å². The molecule has 0 N–H and O–H groups in total. The van der Waals surface area contributed by atoms with Gasteiger partial charge in [0, 0.05) is 17.0 Å². The summed E-state index contributed by atoms with van der Waals surface area (Å²) in [6.45, 7) is 1.70. The van der Waals surface area contributed by atoms with Crippen LogP contribution in [0.1, 0.15) is 26.4 Å². The Morgan fingerprint density at radius 2 is 1.93 bits per heavy atom. The van der Waals surface area contributed by atoms with E-state index in [0.717, 1.165) is 10.4 Å². The summed E-state index contributed by atoms with van der Waals surface area (Å²) in [7, 11) is 0. The number of hydrogen-bond acceptors (Lipinski definition) is 4. The Morgan fingerprint density at radius 1 is 1.15 bits per heavy atom. The van der Waals surface area contributed by atoms with Gasteiger partial charge in [-0.3, -0.25) is 4.79 Å². The molecule has 0 bridgehead atoms. The standard InChI is InChI=1S/C21H14F2O3S/c1-12-7-8-27-20(12)10-19-21(24)14-6-5-13(9-18(14)26-19)25-11-15-16(22)3-2-4-17(15)23/h2-10H,11H2,1H3/b19-10-. The fourth-order valence-corrected chi connectivity index (χ4v) is 3.58. The highest BCUT2D eigenvalue weighted by Crippen LogP contribution is 2.36. The lowest BCUT2D eigenvalue weighted by Gasteiger charge is -2.09. The highest BCUT2D eigenvalue weighted by molar-refractivity contribution is 7.11. The molecule has 0 fully saturated rings. The van der Waals surface area contributed by atoms with Crippen LogP contribution in [-0.2, 0) is 6.61 Å². The molecule has 3 aromatic rings. The zero-order valence-corrected chi connectivity index (χ0v) is 15.1. The second-order valence-corrected chi connectivity index (χ2v) is 7.00. The number of hydrogen-bond donors (Lipinski definition) is 0. The Morgan fingerprint density at radius 3 is 2.63 bits per heavy atom. The fraction of sp³-hybridized carbons (Fsp3) is 0.0952. The van der Waals surface area contributed by atoms with Crippen molar-refractivity contribution in [3.8, 4) is 11.5 Å². The Bertz CT molecular complexity index is 1050. The van der Waals surface area contributed by atoms with Crippen molar-refractivity contribution in [1.29, 1.82) is 0 Å². The summed E-state index contributed by atoms with van der Waals surface area (Å²) in [5, 5.41) is 1.95. The number of aryl methyl sites for hydroxylation is 1. The van der Waals surface area contributed by atoms with Crippen LogP contribution < -0.4 is 9.47 Å². The van der Waals surface area contributed by atoms with E-state index in [4.69, 9.17) is 9.47 Å². The van der Waals surface area contributed by atoms with Crippen LogP contribution in [0.4, 0.5) is 8.78 Å². The van der Waals surface area contributed by atoms with Crippen LogP contribution >= 0.6 is 11.3 Å². The number of rotatable bonds is 4. The number of fused-ring (bicyclic) bond motifs is 1. The summed E-state index contributed by atoms with van der Waals surface area (Å²) >= 11 is 1.52. The van der Waals surface area contributed by atoms with Crippen molar-refractivity contribution in [2.45, 2.75) is 13.5 Å². The molecule has 136 valence electrons. The highest BCUT2D eigenvalue weighted by atomic mass is 32.1. The van der Waals surface area contributed by atoms with Crippen LogP contribution in [0.25, 0.3) is 6.08 Å². The SMILES string of the molecule is Cc1ccsc1/C=C1\Oc2cc(OCc3c(F)cccc3F)ccc2C1=O. The second kappa shape index (κ2) is 6.96. The first-order valence-electron chi connectivity index (χ1n) is 8.21. The van der Waals surface area contributed by atoms with Gasteiger partial charge in [-0.2, -0.15) is 0 Å². The van der Waals surface area contributed by atoms with E-state index in [2.05, 4.69) is 0 Å². The predicted molar refractivity (Wildman–Crippen MR) is 99.1 cm³/mol. The van der Waals surface area contributed by atoms with Gasteiger partial charge in [0.1, 0.15) is 29.7 Å². The number of carbonyl (C=O) groups excluding carboxylic acids is 1. The third kappa shape index (κ3) is 3.36. The third-order valence-corrected chi connectivity index (χ3v) is 5.22. The van der Waals surface area contributed by atoms with Gasteiger partial charge in [0.2, 0.25) is 5.78 Å². The minimum atomic E-state index is -0.667. The molecule has 2 heterocycles. The van der Waals surface area contributed by atoms with Crippen molar-refractivity contribution in [1.82, 2.24) is 0 Å². The minimum absolute atomic E-state index is 0.149. The van der Waals surface area contributed by atoms with Crippen LogP contribution in [0, 0.1) is 18.6 Å². The van der Waals surface area contributed by atoms with Crippen molar-refractivity contribution in [2.24, 2.45) is 0 Å². The molecule has 0 amide bonds. The molecule has 2 aromatic carbocycles. The Hall–Kier alpha value is -2.99. The quantitative estimate of drug-likeness (QED) is 0.555. The summed E-state index contributed by atoms with van der Waals surface area (Å²) in [6.07, 6.45) is 1.72. The summed E-state index contributed by atoms with van der Waals surface area (Å²) in [5.41, 5.74) is 1.35. The zero-order chi connectivity index (χ0) is 19.0. The van der Waals surface area contributed by atoms with Crippen LogP contribution in [0.15, 0.2) is 53.6 Å². The summed E-state index contributed by atoms with van der Waals surface area (Å²) in [6, 6.07) is 10.3. The van der Waals surface area contributed by atoms with Gasteiger partial charge in [0.05, 0.1) is 11.1 Å². The molecule has 0 aliphatic carbocycles. The summed E-state index contributed by atoms with van der Waals surface area (Å²) < 4.78 is 38.5. The largest absolute Gasteiger partial charge is 0.489 e. The van der Waals surface area contributed by atoms with E-state index in [-0.39, 0.29) is 23.7 Å². The summed E-state index contributed by atoms with van der Waals surface area (Å²) in [4.78, 5) is 13.4. The van der Waals surface area contributed by atoms with E-state index >= 15 is 0 Å². The third-order valence-electron chi connectivity index (χ3n) is 4.25. The number of benzene rings is 2. The highest BCUT2D eigenvalue weighted by Gasteiger charge is 2.28. The van der Waals surface area contributed by atoms with Crippen molar-refractivity contribution in [2.75, 3.05) is 0 Å². The van der Waals surface area contributed by atoms with Gasteiger partial charge in [0.15, 0.2) is 5.76 Å². The van der Waals surface area contributed by atoms with Gasteiger partial charge < -0.3 is 9.47 Å². The molecule has 0 spiro atoms. The van der Waals surface area contributed by atoms with Gasteiger partial charge in [-0.1, -0.05) is 6.07 Å². The lowest BCUT2D eigenvalue weighted by molar-refractivity contribution is 0.101. The first-order valence-corrected chi connectivity index (χ1v) is 9.09. The molecular formula is C21H14F2O3S. The molecular weight excluding hydrogens is 370 g/mol. The van der Waals surface area contributed by atoms with Crippen molar-refractivity contribution < 1.29 is 23.0 Å². The zero-order valence-electron chi connectivity index (χ0n) is 14.3. The van der Waals surface area contributed by atoms with Gasteiger partial charge >= 0.3 is 0 Å². The molecule has 1 aliphatic heterocycles. The number of Topliss-reactive ketones (excluding diaryl/α,β-unsaturated/α-hetero) is 1. The van der Waals surface area contributed by atoms with E-state index in [0.29, 0.717) is 17.1 Å². The van der Waals surface area contributed by atoms with E-state index in [1.54, 1.807) is 24.3 Å². The van der Waals surface area contributed by atoms with Gasteiger partial charge in [-0.15, -0.1) is 11.3 Å². The normalized spacial score (nSPS) is 14.3. The molecule has 0 saturated carbocycles. The fourth-order valence-electron chi connectivity index (χ4n) is 2.73. The van der Waals surface area contributed by atoms with E-state index in [1.807, 2.05) is 18.4 Å². The molecule has 0 radical (unpaired) electrons. The number of halogens is 2. The molecule has 0 saturated heterocycles. The monoisotopic (exact) mass is 384 g/mol. The number of ketones is 1. The second-order valence-electron chi connectivity index (χ2n) is 6.05. The Balaban J connectivity index is 1.54. The molecule has 1 aromatic heterocycles. The lowest BCUT2D eigenvalue weighted by Crippen LogP contribution is -2.01. The van der Waals surface area contributed by atoms with Gasteiger partial charge in [0.25, 0.3) is 0 Å². The predicted octanol–water partition coefficient (Wildman–Crippen LogP) is 5.53. The number of carbonyl (C=O) groups is 1. The molecule has 0 unspecified atom stereocenters. The van der Waals surface area contributed by atoms with Gasteiger partial charge in [-0.05, 0) is 48.2 Å². The first-order chi connectivity index (χ1) is 13.0. The average molecular weight is 384 g/mol.